The van der Waals surface area contributed by atoms with Crippen LogP contribution in [0.3, 0.4) is 0 Å². The topological polar surface area (TPSA) is 90.4 Å². The van der Waals surface area contributed by atoms with Crippen LogP contribution in [0.1, 0.15) is 51.4 Å². The molecule has 5 aliphatic carbocycles. The van der Waals surface area contributed by atoms with Crippen molar-refractivity contribution < 1.29 is 9.90 Å². The largest absolute Gasteiger partial charge is 0.390 e. The lowest BCUT2D eigenvalue weighted by atomic mass is 9.46. The number of likely N-dealkylation sites (tertiary alicyclic amines) is 1. The first-order valence-corrected chi connectivity index (χ1v) is 9.13. The second kappa shape index (κ2) is 5.09. The Bertz CT molecular complexity index is 604. The molecule has 0 aromatic heterocycles. The van der Waals surface area contributed by atoms with E-state index in [-0.39, 0.29) is 35.8 Å². The number of rotatable bonds is 2. The van der Waals surface area contributed by atoms with Crippen molar-refractivity contribution in [2.45, 2.75) is 75.1 Å². The van der Waals surface area contributed by atoms with Gasteiger partial charge in [0.05, 0.1) is 17.7 Å². The normalized spacial score (nSPS) is 51.5. The Morgan fingerprint density at radius 2 is 1.88 bits per heavy atom. The van der Waals surface area contributed by atoms with E-state index in [4.69, 9.17) is 5.73 Å². The summed E-state index contributed by atoms with van der Waals surface area (Å²) in [5.74, 6) is 1.56. The number of nitrogens with zero attached hydrogens (tertiary/aromatic N) is 2. The Balaban J connectivity index is 0.00000146. The summed E-state index contributed by atoms with van der Waals surface area (Å²) in [5, 5.41) is 20.2. The molecular formula is C18H26ClN3O2. The number of nitriles is 1. The molecule has 6 fully saturated rings. The number of piperidine rings is 1. The molecule has 1 saturated heterocycles. The highest BCUT2D eigenvalue weighted by Crippen LogP contribution is 2.63. The van der Waals surface area contributed by atoms with Gasteiger partial charge in [-0.1, -0.05) is 0 Å². The van der Waals surface area contributed by atoms with Crippen LogP contribution < -0.4 is 5.73 Å². The minimum absolute atomic E-state index is 0. The van der Waals surface area contributed by atoms with Crippen LogP contribution in [0.15, 0.2) is 0 Å². The molecule has 1 amide bonds. The number of hydrogen-bond donors (Lipinski definition) is 2. The second-order valence-corrected chi connectivity index (χ2v) is 9.21. The number of carbonyl (C=O) groups excluding carboxylic acids is 1. The molecule has 24 heavy (non-hydrogen) atoms. The van der Waals surface area contributed by atoms with Gasteiger partial charge in [-0.3, -0.25) is 4.79 Å². The number of hydrogen-bond acceptors (Lipinski definition) is 4. The van der Waals surface area contributed by atoms with Crippen molar-refractivity contribution in [3.05, 3.63) is 0 Å². The number of halogens is 1. The van der Waals surface area contributed by atoms with Gasteiger partial charge in [0.1, 0.15) is 6.04 Å². The van der Waals surface area contributed by atoms with Crippen molar-refractivity contribution >= 4 is 18.3 Å². The summed E-state index contributed by atoms with van der Waals surface area (Å²) < 4.78 is 0. The summed E-state index contributed by atoms with van der Waals surface area (Å²) in [6.45, 7) is 0. The molecule has 6 heteroatoms. The van der Waals surface area contributed by atoms with Crippen LogP contribution in [-0.2, 0) is 4.79 Å². The predicted molar refractivity (Wildman–Crippen MR) is 90.0 cm³/mol. The molecule has 8 atom stereocenters. The molecular weight excluding hydrogens is 326 g/mol. The van der Waals surface area contributed by atoms with Crippen LogP contribution in [0.25, 0.3) is 0 Å². The number of amides is 1. The predicted octanol–water partition coefficient (Wildman–Crippen LogP) is 1.58. The van der Waals surface area contributed by atoms with Gasteiger partial charge in [0.2, 0.25) is 5.91 Å². The van der Waals surface area contributed by atoms with Crippen molar-refractivity contribution in [3.63, 3.8) is 0 Å². The smallest absolute Gasteiger partial charge is 0.241 e. The first-order valence-electron chi connectivity index (χ1n) is 9.13. The van der Waals surface area contributed by atoms with E-state index >= 15 is 0 Å². The molecule has 132 valence electrons. The van der Waals surface area contributed by atoms with Crippen molar-refractivity contribution in [1.82, 2.24) is 4.90 Å². The highest BCUT2D eigenvalue weighted by atomic mass is 35.5. The molecule has 0 aromatic carbocycles. The maximum atomic E-state index is 13.1. The fourth-order valence-corrected chi connectivity index (χ4v) is 6.96. The lowest BCUT2D eigenvalue weighted by Gasteiger charge is -2.61. The van der Waals surface area contributed by atoms with Gasteiger partial charge in [-0.25, -0.2) is 0 Å². The second-order valence-electron chi connectivity index (χ2n) is 9.21. The van der Waals surface area contributed by atoms with E-state index in [2.05, 4.69) is 6.07 Å². The van der Waals surface area contributed by atoms with Gasteiger partial charge in [-0.2, -0.15) is 5.26 Å². The van der Waals surface area contributed by atoms with Crippen molar-refractivity contribution in [3.8, 4) is 6.07 Å². The van der Waals surface area contributed by atoms with Crippen molar-refractivity contribution in [2.24, 2.45) is 28.9 Å². The maximum Gasteiger partial charge on any atom is 0.241 e. The van der Waals surface area contributed by atoms with Gasteiger partial charge in [0.15, 0.2) is 0 Å². The Hall–Kier alpha value is -0.830. The zero-order valence-corrected chi connectivity index (χ0v) is 14.7. The molecule has 3 N–H and O–H groups in total. The zero-order valence-electron chi connectivity index (χ0n) is 13.9. The lowest BCUT2D eigenvalue weighted by molar-refractivity contribution is -0.177. The molecule has 6 aliphatic rings. The number of nitrogens with two attached hydrogens (primary N) is 1. The first kappa shape index (κ1) is 16.6. The van der Waals surface area contributed by atoms with Crippen molar-refractivity contribution in [2.75, 3.05) is 0 Å². The highest BCUT2D eigenvalue weighted by molar-refractivity contribution is 5.85. The number of fused-ring (bicyclic) bond motifs is 1. The Morgan fingerprint density at radius 3 is 2.46 bits per heavy atom. The van der Waals surface area contributed by atoms with Crippen molar-refractivity contribution in [1.29, 1.82) is 5.26 Å². The standard InChI is InChI=1S/C18H25N3O2.ClH/c19-8-13-2-12-3-14(12)21(13)16(22)15(20)17-4-10-1-11(5-17)7-18(23,6-10)9-17;/h10-15,23H,1-7,9,20H2;1H/t10-,11+,12-,13?,14+,15-,17?,18?;/m1./s1. The fourth-order valence-electron chi connectivity index (χ4n) is 6.96. The molecule has 5 saturated carbocycles. The molecule has 6 rings (SSSR count). The summed E-state index contributed by atoms with van der Waals surface area (Å²) in [7, 11) is 0. The molecule has 0 aromatic rings. The molecule has 0 spiro atoms. The van der Waals surface area contributed by atoms with Gasteiger partial charge in [0.25, 0.3) is 0 Å². The van der Waals surface area contributed by atoms with E-state index in [1.165, 1.54) is 6.42 Å². The van der Waals surface area contributed by atoms with Gasteiger partial charge >= 0.3 is 0 Å². The van der Waals surface area contributed by atoms with E-state index < -0.39 is 11.6 Å². The van der Waals surface area contributed by atoms with E-state index in [1.807, 2.05) is 0 Å². The minimum Gasteiger partial charge on any atom is -0.390 e. The third-order valence-electron chi connectivity index (χ3n) is 7.51. The summed E-state index contributed by atoms with van der Waals surface area (Å²) in [6, 6.07) is 1.72. The molecule has 1 aliphatic heterocycles. The molecule has 5 nitrogen and oxygen atoms in total. The zero-order chi connectivity index (χ0) is 16.0. The Morgan fingerprint density at radius 1 is 1.21 bits per heavy atom. The number of aliphatic hydroxyl groups is 1. The van der Waals surface area contributed by atoms with Gasteiger partial charge < -0.3 is 15.7 Å². The van der Waals surface area contributed by atoms with Crippen LogP contribution in [-0.4, -0.2) is 39.6 Å². The van der Waals surface area contributed by atoms with E-state index in [1.54, 1.807) is 4.90 Å². The van der Waals surface area contributed by atoms with Gasteiger partial charge in [-0.15, -0.1) is 12.4 Å². The monoisotopic (exact) mass is 351 g/mol. The van der Waals surface area contributed by atoms with Crippen LogP contribution >= 0.6 is 12.4 Å². The summed E-state index contributed by atoms with van der Waals surface area (Å²) in [6.07, 6.45) is 7.48. The fraction of sp³-hybridized carbons (Fsp3) is 0.889. The summed E-state index contributed by atoms with van der Waals surface area (Å²) in [4.78, 5) is 14.9. The molecule has 4 bridgehead atoms. The summed E-state index contributed by atoms with van der Waals surface area (Å²) in [5.41, 5.74) is 5.71. The van der Waals surface area contributed by atoms with E-state index in [0.717, 1.165) is 38.5 Å². The average Bonchev–Trinajstić information content (AvgIpc) is 3.14. The average molecular weight is 352 g/mol. The first-order chi connectivity index (χ1) is 10.9. The third-order valence-corrected chi connectivity index (χ3v) is 7.51. The molecule has 0 radical (unpaired) electrons. The molecule has 3 unspecified atom stereocenters. The van der Waals surface area contributed by atoms with Crippen LogP contribution in [0, 0.1) is 34.5 Å². The third kappa shape index (κ3) is 2.16. The minimum atomic E-state index is -0.594. The molecule has 1 heterocycles. The summed E-state index contributed by atoms with van der Waals surface area (Å²) >= 11 is 0. The van der Waals surface area contributed by atoms with Crippen LogP contribution in [0.4, 0.5) is 0 Å². The van der Waals surface area contributed by atoms with E-state index in [9.17, 15) is 15.2 Å². The maximum absolute atomic E-state index is 13.1. The van der Waals surface area contributed by atoms with E-state index in [0.29, 0.717) is 24.2 Å². The van der Waals surface area contributed by atoms with Gasteiger partial charge in [0, 0.05) is 6.04 Å². The SMILES string of the molecule is Cl.N#CC1C[C@@H]2C[C@@H]2N1C(=O)[C@@H](N)C12C[C@@H]3C[C@@H](CC(O)(C3)C1)C2. The van der Waals surface area contributed by atoms with Crippen LogP contribution in [0.2, 0.25) is 0 Å². The Kier molecular flexibility index (Phi) is 3.53. The van der Waals surface area contributed by atoms with Gasteiger partial charge in [-0.05, 0) is 74.5 Å². The number of carbonyl (C=O) groups is 1. The Labute approximate surface area is 149 Å². The highest BCUT2D eigenvalue weighted by Gasteiger charge is 2.62. The quantitative estimate of drug-likeness (QED) is 0.790. The lowest BCUT2D eigenvalue weighted by Crippen LogP contribution is -2.64. The van der Waals surface area contributed by atoms with Crippen LogP contribution in [0.5, 0.6) is 0 Å².